The van der Waals surface area contributed by atoms with Crippen molar-refractivity contribution in [3.63, 3.8) is 0 Å². The quantitative estimate of drug-likeness (QED) is 0.768. The number of likely N-dealkylation sites (tertiary alicyclic amines) is 1. The van der Waals surface area contributed by atoms with Crippen LogP contribution in [0.3, 0.4) is 0 Å². The molecule has 1 unspecified atom stereocenters. The first-order valence-corrected chi connectivity index (χ1v) is 10.7. The van der Waals surface area contributed by atoms with Crippen LogP contribution in [-0.2, 0) is 10.0 Å². The fraction of sp³-hybridized carbons (Fsp3) is 0.667. The van der Waals surface area contributed by atoms with E-state index in [0.717, 1.165) is 38.1 Å². The predicted octanol–water partition coefficient (Wildman–Crippen LogP) is 3.47. The number of ether oxygens (including phenoxy) is 1. The van der Waals surface area contributed by atoms with Gasteiger partial charge in [0, 0.05) is 31.7 Å². The molecule has 3 rings (SSSR count). The molecule has 2 aliphatic rings. The number of alkyl halides is 3. The largest absolute Gasteiger partial charge is 0.573 e. The van der Waals surface area contributed by atoms with Gasteiger partial charge in [0.05, 0.1) is 4.90 Å². The highest BCUT2D eigenvalue weighted by Gasteiger charge is 2.34. The van der Waals surface area contributed by atoms with Crippen LogP contribution in [0, 0.1) is 5.92 Å². The van der Waals surface area contributed by atoms with E-state index in [9.17, 15) is 21.6 Å². The number of sulfonamides is 1. The van der Waals surface area contributed by atoms with Crippen LogP contribution in [0.25, 0.3) is 0 Å². The highest BCUT2D eigenvalue weighted by atomic mass is 32.2. The van der Waals surface area contributed by atoms with Crippen LogP contribution in [0.15, 0.2) is 29.2 Å². The Kier molecular flexibility index (Phi) is 6.02. The molecule has 0 bridgehead atoms. The summed E-state index contributed by atoms with van der Waals surface area (Å²) in [6.07, 6.45) is -0.965. The lowest BCUT2D eigenvalue weighted by atomic mass is 9.96. The van der Waals surface area contributed by atoms with Crippen LogP contribution >= 0.6 is 0 Å². The Morgan fingerprint density at radius 3 is 2.44 bits per heavy atom. The molecule has 1 atom stereocenters. The summed E-state index contributed by atoms with van der Waals surface area (Å²) < 4.78 is 68.0. The molecule has 27 heavy (non-hydrogen) atoms. The lowest BCUT2D eigenvalue weighted by molar-refractivity contribution is -0.274. The minimum atomic E-state index is -4.85. The maximum Gasteiger partial charge on any atom is 0.573 e. The number of halogens is 3. The molecule has 0 saturated carbocycles. The zero-order valence-corrected chi connectivity index (χ0v) is 16.1. The monoisotopic (exact) mass is 406 g/mol. The topological polar surface area (TPSA) is 49.9 Å². The SMILES string of the molecule is CC1CCCN(C2CCN(S(=O)(=O)c3cccc(OC(F)(F)F)c3)CC2)C1. The van der Waals surface area contributed by atoms with Gasteiger partial charge in [-0.1, -0.05) is 13.0 Å². The molecule has 0 N–H and O–H groups in total. The van der Waals surface area contributed by atoms with Gasteiger partial charge in [-0.05, 0) is 50.3 Å². The zero-order chi connectivity index (χ0) is 19.7. The third-order valence-electron chi connectivity index (χ3n) is 5.31. The Labute approximate surface area is 158 Å². The van der Waals surface area contributed by atoms with Crippen molar-refractivity contribution >= 4 is 10.0 Å². The van der Waals surface area contributed by atoms with E-state index in [1.165, 1.54) is 29.3 Å². The minimum Gasteiger partial charge on any atom is -0.406 e. The van der Waals surface area contributed by atoms with Crippen LogP contribution in [0.4, 0.5) is 13.2 Å². The molecule has 0 aliphatic carbocycles. The predicted molar refractivity (Wildman–Crippen MR) is 94.9 cm³/mol. The average molecular weight is 406 g/mol. The van der Waals surface area contributed by atoms with Crippen molar-refractivity contribution in [1.82, 2.24) is 9.21 Å². The van der Waals surface area contributed by atoms with Crippen molar-refractivity contribution in [2.45, 2.75) is 49.9 Å². The van der Waals surface area contributed by atoms with Crippen molar-refractivity contribution in [2.75, 3.05) is 26.2 Å². The second-order valence-electron chi connectivity index (χ2n) is 7.40. The maximum absolute atomic E-state index is 12.8. The Morgan fingerprint density at radius 1 is 1.11 bits per heavy atom. The molecule has 9 heteroatoms. The number of nitrogens with zero attached hydrogens (tertiary/aromatic N) is 2. The molecule has 2 aliphatic heterocycles. The summed E-state index contributed by atoms with van der Waals surface area (Å²) in [6.45, 7) is 5.10. The van der Waals surface area contributed by atoms with Crippen molar-refractivity contribution in [3.05, 3.63) is 24.3 Å². The Morgan fingerprint density at radius 2 is 1.81 bits per heavy atom. The highest BCUT2D eigenvalue weighted by Crippen LogP contribution is 2.29. The molecular weight excluding hydrogens is 381 g/mol. The van der Waals surface area contributed by atoms with Gasteiger partial charge in [-0.15, -0.1) is 13.2 Å². The number of piperidine rings is 2. The molecular formula is C18H25F3N2O3S. The van der Waals surface area contributed by atoms with E-state index >= 15 is 0 Å². The summed E-state index contributed by atoms with van der Waals surface area (Å²) in [4.78, 5) is 2.28. The molecule has 1 aromatic carbocycles. The van der Waals surface area contributed by atoms with Crippen molar-refractivity contribution in [3.8, 4) is 5.75 Å². The van der Waals surface area contributed by atoms with Gasteiger partial charge in [-0.3, -0.25) is 0 Å². The Bertz CT molecular complexity index is 746. The first-order valence-electron chi connectivity index (χ1n) is 9.25. The van der Waals surface area contributed by atoms with Gasteiger partial charge >= 0.3 is 6.36 Å². The van der Waals surface area contributed by atoms with Gasteiger partial charge in [0.15, 0.2) is 0 Å². The Hall–Kier alpha value is -1.32. The molecule has 152 valence electrons. The first-order chi connectivity index (χ1) is 12.6. The molecule has 0 spiro atoms. The highest BCUT2D eigenvalue weighted by molar-refractivity contribution is 7.89. The van der Waals surface area contributed by atoms with Crippen LogP contribution < -0.4 is 4.74 Å². The fourth-order valence-electron chi connectivity index (χ4n) is 3.99. The average Bonchev–Trinajstić information content (AvgIpc) is 2.61. The molecule has 2 saturated heterocycles. The summed E-state index contributed by atoms with van der Waals surface area (Å²) in [5.74, 6) is 0.137. The third-order valence-corrected chi connectivity index (χ3v) is 7.20. The number of hydrogen-bond acceptors (Lipinski definition) is 4. The summed E-state index contributed by atoms with van der Waals surface area (Å²) in [7, 11) is -3.84. The molecule has 0 amide bonds. The Balaban J connectivity index is 1.65. The van der Waals surface area contributed by atoms with Gasteiger partial charge in [0.1, 0.15) is 5.75 Å². The van der Waals surface area contributed by atoms with Gasteiger partial charge in [-0.25, -0.2) is 8.42 Å². The van der Waals surface area contributed by atoms with Crippen molar-refractivity contribution in [1.29, 1.82) is 0 Å². The van der Waals surface area contributed by atoms with Gasteiger partial charge in [-0.2, -0.15) is 4.31 Å². The van der Waals surface area contributed by atoms with Crippen LogP contribution in [0.2, 0.25) is 0 Å². The molecule has 2 fully saturated rings. The zero-order valence-electron chi connectivity index (χ0n) is 15.3. The van der Waals surface area contributed by atoms with Gasteiger partial charge < -0.3 is 9.64 Å². The summed E-state index contributed by atoms with van der Waals surface area (Å²) in [5, 5.41) is 0. The second-order valence-corrected chi connectivity index (χ2v) is 9.34. The van der Waals surface area contributed by atoms with E-state index in [1.54, 1.807) is 0 Å². The van der Waals surface area contributed by atoms with Crippen LogP contribution in [0.5, 0.6) is 5.75 Å². The van der Waals surface area contributed by atoms with E-state index in [2.05, 4.69) is 16.6 Å². The van der Waals surface area contributed by atoms with E-state index < -0.39 is 22.1 Å². The lowest BCUT2D eigenvalue weighted by Gasteiger charge is -2.41. The maximum atomic E-state index is 12.8. The summed E-state index contributed by atoms with van der Waals surface area (Å²) in [5.41, 5.74) is 0. The smallest absolute Gasteiger partial charge is 0.406 e. The standard InChI is InChI=1S/C18H25F3N2O3S/c1-14-4-3-9-22(13-14)15-7-10-23(11-8-15)27(24,25)17-6-2-5-16(12-17)26-18(19,20)21/h2,5-6,12,14-15H,3-4,7-11,13H2,1H3. The molecule has 5 nitrogen and oxygen atoms in total. The number of rotatable bonds is 4. The van der Waals surface area contributed by atoms with Gasteiger partial charge in [0.2, 0.25) is 10.0 Å². The second kappa shape index (κ2) is 7.97. The minimum absolute atomic E-state index is 0.172. The van der Waals surface area contributed by atoms with E-state index in [-0.39, 0.29) is 4.90 Å². The fourth-order valence-corrected chi connectivity index (χ4v) is 5.49. The van der Waals surface area contributed by atoms with Crippen molar-refractivity contribution < 1.29 is 26.3 Å². The van der Waals surface area contributed by atoms with E-state index in [1.807, 2.05) is 0 Å². The third kappa shape index (κ3) is 5.14. The van der Waals surface area contributed by atoms with Crippen LogP contribution in [-0.4, -0.2) is 56.2 Å². The van der Waals surface area contributed by atoms with Crippen LogP contribution in [0.1, 0.15) is 32.6 Å². The normalized spacial score (nSPS) is 24.1. The molecule has 0 aromatic heterocycles. The van der Waals surface area contributed by atoms with Crippen molar-refractivity contribution in [2.24, 2.45) is 5.92 Å². The number of hydrogen-bond donors (Lipinski definition) is 0. The summed E-state index contributed by atoms with van der Waals surface area (Å²) in [6, 6.07) is 4.96. The molecule has 1 aromatic rings. The number of benzene rings is 1. The van der Waals surface area contributed by atoms with Gasteiger partial charge in [0.25, 0.3) is 0 Å². The lowest BCUT2D eigenvalue weighted by Crippen LogP contribution is -2.49. The van der Waals surface area contributed by atoms with E-state index in [4.69, 9.17) is 0 Å². The molecule has 0 radical (unpaired) electrons. The summed E-state index contributed by atoms with van der Waals surface area (Å²) >= 11 is 0. The van der Waals surface area contributed by atoms with E-state index in [0.29, 0.717) is 25.0 Å². The molecule has 2 heterocycles. The first kappa shape index (κ1) is 20.4.